The molecule has 0 fully saturated rings. The van der Waals surface area contributed by atoms with Gasteiger partial charge in [0.25, 0.3) is 0 Å². The summed E-state index contributed by atoms with van der Waals surface area (Å²) in [7, 11) is 1.38. The summed E-state index contributed by atoms with van der Waals surface area (Å²) in [6, 6.07) is 4.39. The fraction of sp³-hybridized carbons (Fsp3) is 0.364. The van der Waals surface area contributed by atoms with Gasteiger partial charge in [0.2, 0.25) is 5.91 Å². The molecule has 0 aliphatic rings. The number of hydrazine groups is 1. The minimum Gasteiger partial charge on any atom is -0.494 e. The smallest absolute Gasteiger partial charge is 0.243 e. The number of carbonyl (C=O) groups excluding carboxylic acids is 1. The average molecular weight is 226 g/mol. The zero-order valence-corrected chi connectivity index (χ0v) is 9.50. The fourth-order valence-corrected chi connectivity index (χ4v) is 1.37. The Labute approximate surface area is 93.6 Å². The summed E-state index contributed by atoms with van der Waals surface area (Å²) in [6.07, 6.45) is 0. The van der Waals surface area contributed by atoms with Crippen LogP contribution in [-0.4, -0.2) is 13.0 Å². The van der Waals surface area contributed by atoms with E-state index in [1.807, 2.05) is 0 Å². The number of rotatable bonds is 3. The molecule has 0 aliphatic carbocycles. The summed E-state index contributed by atoms with van der Waals surface area (Å²) in [5, 5.41) is 0. The van der Waals surface area contributed by atoms with Crippen molar-refractivity contribution in [2.45, 2.75) is 19.3 Å². The zero-order chi connectivity index (χ0) is 12.3. The molecule has 0 spiro atoms. The van der Waals surface area contributed by atoms with E-state index in [-0.39, 0.29) is 11.7 Å². The van der Waals surface area contributed by atoms with Crippen molar-refractivity contribution in [2.24, 2.45) is 5.84 Å². The highest BCUT2D eigenvalue weighted by molar-refractivity contribution is 5.86. The van der Waals surface area contributed by atoms with Gasteiger partial charge in [0, 0.05) is 0 Å². The number of amides is 1. The molecule has 1 aromatic rings. The highest BCUT2D eigenvalue weighted by Crippen LogP contribution is 2.27. The SMILES string of the molecule is COc1ccc(C(C)(C)C(=O)NN)cc1F. The van der Waals surface area contributed by atoms with Crippen LogP contribution in [0.5, 0.6) is 5.75 Å². The summed E-state index contributed by atoms with van der Waals surface area (Å²) >= 11 is 0. The molecule has 1 amide bonds. The van der Waals surface area contributed by atoms with Crippen molar-refractivity contribution in [3.63, 3.8) is 0 Å². The molecule has 4 nitrogen and oxygen atoms in total. The van der Waals surface area contributed by atoms with Gasteiger partial charge < -0.3 is 4.74 Å². The van der Waals surface area contributed by atoms with Gasteiger partial charge in [0.15, 0.2) is 11.6 Å². The zero-order valence-electron chi connectivity index (χ0n) is 9.50. The van der Waals surface area contributed by atoms with E-state index in [1.54, 1.807) is 19.9 Å². The number of hydrogen-bond donors (Lipinski definition) is 2. The van der Waals surface area contributed by atoms with Crippen molar-refractivity contribution >= 4 is 5.91 Å². The van der Waals surface area contributed by atoms with E-state index in [0.29, 0.717) is 5.56 Å². The lowest BCUT2D eigenvalue weighted by atomic mass is 9.84. The van der Waals surface area contributed by atoms with Crippen LogP contribution < -0.4 is 16.0 Å². The standard InChI is InChI=1S/C11H15FN2O2/c1-11(2,10(15)14-13)7-4-5-9(16-3)8(12)6-7/h4-6H,13H2,1-3H3,(H,14,15). The number of methoxy groups -OCH3 is 1. The maximum absolute atomic E-state index is 13.5. The van der Waals surface area contributed by atoms with E-state index in [2.05, 4.69) is 5.43 Å². The number of hydrogen-bond acceptors (Lipinski definition) is 3. The Hall–Kier alpha value is -1.62. The molecule has 0 heterocycles. The molecular formula is C11H15FN2O2. The van der Waals surface area contributed by atoms with Gasteiger partial charge in [-0.3, -0.25) is 10.2 Å². The van der Waals surface area contributed by atoms with Crippen molar-refractivity contribution in [1.82, 2.24) is 5.43 Å². The lowest BCUT2D eigenvalue weighted by molar-refractivity contribution is -0.125. The average Bonchev–Trinajstić information content (AvgIpc) is 2.27. The molecule has 5 heteroatoms. The second kappa shape index (κ2) is 4.49. The molecule has 1 aromatic carbocycles. The topological polar surface area (TPSA) is 64.3 Å². The van der Waals surface area contributed by atoms with Gasteiger partial charge in [0.1, 0.15) is 0 Å². The summed E-state index contributed by atoms with van der Waals surface area (Å²) in [5.74, 6) is 4.34. The van der Waals surface area contributed by atoms with Crippen LogP contribution >= 0.6 is 0 Å². The minimum atomic E-state index is -0.887. The van der Waals surface area contributed by atoms with Crippen LogP contribution in [0.2, 0.25) is 0 Å². The molecule has 0 radical (unpaired) electrons. The molecule has 0 aromatic heterocycles. The van der Waals surface area contributed by atoms with E-state index < -0.39 is 11.2 Å². The van der Waals surface area contributed by atoms with Crippen molar-refractivity contribution < 1.29 is 13.9 Å². The number of nitrogens with two attached hydrogens (primary N) is 1. The quantitative estimate of drug-likeness (QED) is 0.461. The molecule has 88 valence electrons. The normalized spacial score (nSPS) is 11.1. The Bertz CT molecular complexity index is 405. The maximum atomic E-state index is 13.5. The van der Waals surface area contributed by atoms with Gasteiger partial charge in [-0.25, -0.2) is 10.2 Å². The lowest BCUT2D eigenvalue weighted by Crippen LogP contribution is -2.43. The highest BCUT2D eigenvalue weighted by atomic mass is 19.1. The molecular weight excluding hydrogens is 211 g/mol. The van der Waals surface area contributed by atoms with Gasteiger partial charge in [-0.1, -0.05) is 6.07 Å². The van der Waals surface area contributed by atoms with Gasteiger partial charge in [-0.05, 0) is 31.5 Å². The molecule has 16 heavy (non-hydrogen) atoms. The molecule has 0 saturated heterocycles. The first-order valence-electron chi connectivity index (χ1n) is 4.78. The monoisotopic (exact) mass is 226 g/mol. The first-order chi connectivity index (χ1) is 7.43. The van der Waals surface area contributed by atoms with E-state index >= 15 is 0 Å². The molecule has 0 bridgehead atoms. The predicted octanol–water partition coefficient (Wildman–Crippen LogP) is 1.10. The van der Waals surface area contributed by atoms with Crippen LogP contribution in [0, 0.1) is 5.82 Å². The third-order valence-corrected chi connectivity index (χ3v) is 2.57. The van der Waals surface area contributed by atoms with Crippen LogP contribution in [0.4, 0.5) is 4.39 Å². The van der Waals surface area contributed by atoms with Crippen molar-refractivity contribution in [3.8, 4) is 5.75 Å². The number of carbonyl (C=O) groups is 1. The molecule has 0 unspecified atom stereocenters. The Morgan fingerprint density at radius 1 is 1.50 bits per heavy atom. The fourth-order valence-electron chi connectivity index (χ4n) is 1.37. The summed E-state index contributed by atoms with van der Waals surface area (Å²) in [5.41, 5.74) is 1.71. The van der Waals surface area contributed by atoms with Crippen molar-refractivity contribution in [3.05, 3.63) is 29.6 Å². The van der Waals surface area contributed by atoms with Gasteiger partial charge >= 0.3 is 0 Å². The second-order valence-electron chi connectivity index (χ2n) is 3.95. The molecule has 0 atom stereocenters. The minimum absolute atomic E-state index is 0.146. The van der Waals surface area contributed by atoms with E-state index in [9.17, 15) is 9.18 Å². The summed E-state index contributed by atoms with van der Waals surface area (Å²) < 4.78 is 18.3. The van der Waals surface area contributed by atoms with E-state index in [0.717, 1.165) is 0 Å². The summed E-state index contributed by atoms with van der Waals surface area (Å²) in [6.45, 7) is 3.33. The lowest BCUT2D eigenvalue weighted by Gasteiger charge is -2.23. The Balaban J connectivity index is 3.14. The van der Waals surface area contributed by atoms with Gasteiger partial charge in [0.05, 0.1) is 12.5 Å². The van der Waals surface area contributed by atoms with E-state index in [1.165, 1.54) is 19.2 Å². The third kappa shape index (κ3) is 2.14. The number of benzene rings is 1. The number of ether oxygens (including phenoxy) is 1. The second-order valence-corrected chi connectivity index (χ2v) is 3.95. The van der Waals surface area contributed by atoms with Crippen LogP contribution in [-0.2, 0) is 10.2 Å². The number of nitrogens with one attached hydrogen (secondary N) is 1. The Morgan fingerprint density at radius 3 is 2.56 bits per heavy atom. The van der Waals surface area contributed by atoms with Crippen molar-refractivity contribution in [1.29, 1.82) is 0 Å². The van der Waals surface area contributed by atoms with Crippen LogP contribution in [0.3, 0.4) is 0 Å². The van der Waals surface area contributed by atoms with Crippen LogP contribution in [0.1, 0.15) is 19.4 Å². The predicted molar refractivity (Wildman–Crippen MR) is 58.3 cm³/mol. The van der Waals surface area contributed by atoms with E-state index in [4.69, 9.17) is 10.6 Å². The Kier molecular flexibility index (Phi) is 3.49. The highest BCUT2D eigenvalue weighted by Gasteiger charge is 2.29. The molecule has 0 aliphatic heterocycles. The summed E-state index contributed by atoms with van der Waals surface area (Å²) in [4.78, 5) is 11.5. The third-order valence-electron chi connectivity index (χ3n) is 2.57. The number of halogens is 1. The molecule has 3 N–H and O–H groups in total. The molecule has 0 saturated carbocycles. The first kappa shape index (κ1) is 12.4. The van der Waals surface area contributed by atoms with Gasteiger partial charge in [-0.15, -0.1) is 0 Å². The first-order valence-corrected chi connectivity index (χ1v) is 4.78. The van der Waals surface area contributed by atoms with Gasteiger partial charge in [-0.2, -0.15) is 0 Å². The maximum Gasteiger partial charge on any atom is 0.243 e. The van der Waals surface area contributed by atoms with Crippen molar-refractivity contribution in [2.75, 3.05) is 7.11 Å². The van der Waals surface area contributed by atoms with Crippen LogP contribution in [0.25, 0.3) is 0 Å². The molecule has 1 rings (SSSR count). The Morgan fingerprint density at radius 2 is 2.12 bits per heavy atom. The van der Waals surface area contributed by atoms with Crippen LogP contribution in [0.15, 0.2) is 18.2 Å². The largest absolute Gasteiger partial charge is 0.494 e.